The van der Waals surface area contributed by atoms with E-state index in [-0.39, 0.29) is 27.4 Å². The number of hydrogen-bond donors (Lipinski definition) is 2. The van der Waals surface area contributed by atoms with Gasteiger partial charge in [0.2, 0.25) is 5.95 Å². The van der Waals surface area contributed by atoms with Crippen molar-refractivity contribution in [3.05, 3.63) is 99.0 Å². The Morgan fingerprint density at radius 2 is 1.50 bits per heavy atom. The number of hydrogen-bond acceptors (Lipinski definition) is 7. The number of halogens is 1. The summed E-state index contributed by atoms with van der Waals surface area (Å²) in [5.41, 5.74) is 6.00. The van der Waals surface area contributed by atoms with Crippen molar-refractivity contribution in [2.24, 2.45) is 5.10 Å². The van der Waals surface area contributed by atoms with Crippen LogP contribution in [0.5, 0.6) is 5.75 Å². The minimum atomic E-state index is -0.548. The average Bonchev–Trinajstić information content (AvgIpc) is 2.82. The number of nitro groups is 1. The predicted molar refractivity (Wildman–Crippen MR) is 127 cm³/mol. The molecule has 4 aromatic rings. The van der Waals surface area contributed by atoms with Crippen LogP contribution in [0.3, 0.4) is 0 Å². The van der Waals surface area contributed by atoms with Crippen LogP contribution in [0.4, 0.5) is 11.6 Å². The van der Waals surface area contributed by atoms with Crippen LogP contribution in [0, 0.1) is 10.1 Å². The van der Waals surface area contributed by atoms with Crippen LogP contribution < -0.4 is 5.43 Å². The van der Waals surface area contributed by atoms with Crippen LogP contribution in [0.25, 0.3) is 22.5 Å². The summed E-state index contributed by atoms with van der Waals surface area (Å²) in [6.07, 6.45) is 1.27. The van der Waals surface area contributed by atoms with E-state index in [1.54, 1.807) is 0 Å². The van der Waals surface area contributed by atoms with Crippen molar-refractivity contribution in [3.63, 3.8) is 0 Å². The first-order chi connectivity index (χ1) is 15.5. The number of aromatic hydroxyl groups is 1. The third-order valence-electron chi connectivity index (χ3n) is 4.52. The fourth-order valence-corrected chi connectivity index (χ4v) is 3.44. The van der Waals surface area contributed by atoms with Crippen molar-refractivity contribution in [2.45, 2.75) is 0 Å². The summed E-state index contributed by atoms with van der Waals surface area (Å²) < 4.78 is 0.196. The fourth-order valence-electron chi connectivity index (χ4n) is 2.98. The Labute approximate surface area is 191 Å². The van der Waals surface area contributed by atoms with Crippen molar-refractivity contribution >= 4 is 33.8 Å². The molecule has 32 heavy (non-hydrogen) atoms. The van der Waals surface area contributed by atoms with Crippen LogP contribution in [-0.4, -0.2) is 26.2 Å². The third kappa shape index (κ3) is 4.79. The average molecular weight is 490 g/mol. The number of nitro benzene ring substituents is 1. The van der Waals surface area contributed by atoms with E-state index in [1.165, 1.54) is 18.3 Å². The SMILES string of the molecule is O=[N+]([O-])c1cc(Br)c(O)c(C=NNc2nc(-c3ccccc3)cc(-c3ccccc3)n2)c1. The Morgan fingerprint density at radius 1 is 0.938 bits per heavy atom. The van der Waals surface area contributed by atoms with Gasteiger partial charge in [0.15, 0.2) is 0 Å². The number of aromatic nitrogens is 2. The molecule has 0 aliphatic rings. The summed E-state index contributed by atoms with van der Waals surface area (Å²) in [6, 6.07) is 23.7. The molecular formula is C23H16BrN5O3. The fraction of sp³-hybridized carbons (Fsp3) is 0. The molecule has 0 bridgehead atoms. The smallest absolute Gasteiger partial charge is 0.271 e. The topological polar surface area (TPSA) is 114 Å². The number of nitrogens with zero attached hydrogens (tertiary/aromatic N) is 4. The van der Waals surface area contributed by atoms with E-state index in [9.17, 15) is 15.2 Å². The van der Waals surface area contributed by atoms with Gasteiger partial charge < -0.3 is 5.11 Å². The first-order valence-electron chi connectivity index (χ1n) is 9.47. The van der Waals surface area contributed by atoms with E-state index < -0.39 is 4.92 Å². The molecule has 0 spiro atoms. The third-order valence-corrected chi connectivity index (χ3v) is 5.13. The molecule has 0 radical (unpaired) electrons. The van der Waals surface area contributed by atoms with Gasteiger partial charge in [0.05, 0.1) is 27.0 Å². The molecule has 4 rings (SSSR count). The van der Waals surface area contributed by atoms with Gasteiger partial charge in [-0.25, -0.2) is 15.4 Å². The van der Waals surface area contributed by atoms with Gasteiger partial charge in [-0.1, -0.05) is 60.7 Å². The lowest BCUT2D eigenvalue weighted by molar-refractivity contribution is -0.385. The van der Waals surface area contributed by atoms with Crippen LogP contribution >= 0.6 is 15.9 Å². The maximum absolute atomic E-state index is 11.1. The van der Waals surface area contributed by atoms with Gasteiger partial charge in [0.1, 0.15) is 5.75 Å². The van der Waals surface area contributed by atoms with Gasteiger partial charge >= 0.3 is 0 Å². The Kier molecular flexibility index (Phi) is 6.18. The minimum Gasteiger partial charge on any atom is -0.506 e. The lowest BCUT2D eigenvalue weighted by Crippen LogP contribution is -2.00. The van der Waals surface area contributed by atoms with Gasteiger partial charge in [-0.3, -0.25) is 10.1 Å². The molecule has 8 nitrogen and oxygen atoms in total. The van der Waals surface area contributed by atoms with Crippen LogP contribution in [0.15, 0.2) is 88.4 Å². The Bertz CT molecular complexity index is 1240. The highest BCUT2D eigenvalue weighted by atomic mass is 79.9. The van der Waals surface area contributed by atoms with E-state index in [2.05, 4.69) is 36.4 Å². The van der Waals surface area contributed by atoms with Crippen LogP contribution in [0.1, 0.15) is 5.56 Å². The molecule has 0 aliphatic carbocycles. The number of anilines is 1. The number of phenolic OH excluding ortho intramolecular Hbond substituents is 1. The number of phenols is 1. The maximum atomic E-state index is 11.1. The molecule has 0 amide bonds. The first kappa shape index (κ1) is 21.1. The molecule has 9 heteroatoms. The number of nitrogens with one attached hydrogen (secondary N) is 1. The van der Waals surface area contributed by atoms with Gasteiger partial charge in [-0.15, -0.1) is 0 Å². The molecule has 0 atom stereocenters. The Morgan fingerprint density at radius 3 is 2.03 bits per heavy atom. The normalized spacial score (nSPS) is 10.9. The van der Waals surface area contributed by atoms with Crippen molar-refractivity contribution in [1.82, 2.24) is 9.97 Å². The summed E-state index contributed by atoms with van der Waals surface area (Å²) in [6.45, 7) is 0. The summed E-state index contributed by atoms with van der Waals surface area (Å²) in [5.74, 6) is 0.0792. The molecule has 1 aromatic heterocycles. The second kappa shape index (κ2) is 9.36. The van der Waals surface area contributed by atoms with E-state index in [4.69, 9.17) is 0 Å². The highest BCUT2D eigenvalue weighted by Crippen LogP contribution is 2.31. The zero-order valence-electron chi connectivity index (χ0n) is 16.5. The highest BCUT2D eigenvalue weighted by molar-refractivity contribution is 9.10. The standard InChI is InChI=1S/C23H16BrN5O3/c24-19-12-18(29(31)32)11-17(22(19)30)14-25-28-23-26-20(15-7-3-1-4-8-15)13-21(27-23)16-9-5-2-6-10-16/h1-14,30H,(H,26,27,28). The summed E-state index contributed by atoms with van der Waals surface area (Å²) in [5, 5.41) is 25.3. The molecule has 1 heterocycles. The van der Waals surface area contributed by atoms with Crippen LogP contribution in [0.2, 0.25) is 0 Å². The van der Waals surface area contributed by atoms with Gasteiger partial charge in [-0.05, 0) is 22.0 Å². The second-order valence-corrected chi connectivity index (χ2v) is 7.54. The lowest BCUT2D eigenvalue weighted by atomic mass is 10.1. The molecular weight excluding hydrogens is 474 g/mol. The number of non-ortho nitro benzene ring substituents is 1. The van der Waals surface area contributed by atoms with Crippen LogP contribution in [-0.2, 0) is 0 Å². The Balaban J connectivity index is 1.69. The van der Waals surface area contributed by atoms with Gasteiger partial charge in [0.25, 0.3) is 5.69 Å². The molecule has 2 N–H and O–H groups in total. The van der Waals surface area contributed by atoms with E-state index in [0.29, 0.717) is 11.4 Å². The molecule has 3 aromatic carbocycles. The monoisotopic (exact) mass is 489 g/mol. The van der Waals surface area contributed by atoms with Gasteiger partial charge in [-0.2, -0.15) is 5.10 Å². The highest BCUT2D eigenvalue weighted by Gasteiger charge is 2.14. The second-order valence-electron chi connectivity index (χ2n) is 6.69. The zero-order valence-corrected chi connectivity index (χ0v) is 18.1. The quantitative estimate of drug-likeness (QED) is 0.206. The number of hydrazone groups is 1. The lowest BCUT2D eigenvalue weighted by Gasteiger charge is -2.08. The first-order valence-corrected chi connectivity index (χ1v) is 10.3. The maximum Gasteiger partial charge on any atom is 0.271 e. The van der Waals surface area contributed by atoms with Crippen molar-refractivity contribution in [3.8, 4) is 28.3 Å². The van der Waals surface area contributed by atoms with Crippen molar-refractivity contribution in [1.29, 1.82) is 0 Å². The van der Waals surface area contributed by atoms with E-state index in [1.807, 2.05) is 66.7 Å². The molecule has 0 saturated heterocycles. The van der Waals surface area contributed by atoms with Gasteiger partial charge in [0, 0.05) is 28.8 Å². The molecule has 0 fully saturated rings. The Hall–Kier alpha value is -4.11. The summed E-state index contributed by atoms with van der Waals surface area (Å²) in [4.78, 5) is 19.6. The largest absolute Gasteiger partial charge is 0.506 e. The van der Waals surface area contributed by atoms with E-state index >= 15 is 0 Å². The predicted octanol–water partition coefficient (Wildman–Crippen LogP) is 5.63. The zero-order chi connectivity index (χ0) is 22.5. The summed E-state index contributed by atoms with van der Waals surface area (Å²) in [7, 11) is 0. The molecule has 158 valence electrons. The van der Waals surface area contributed by atoms with Crippen molar-refractivity contribution in [2.75, 3.05) is 5.43 Å². The van der Waals surface area contributed by atoms with Crippen molar-refractivity contribution < 1.29 is 10.0 Å². The number of benzene rings is 3. The molecule has 0 aliphatic heterocycles. The molecule has 0 saturated carbocycles. The summed E-state index contributed by atoms with van der Waals surface area (Å²) >= 11 is 3.11. The minimum absolute atomic E-state index is 0.162. The van der Waals surface area contributed by atoms with E-state index in [0.717, 1.165) is 11.1 Å². The molecule has 0 unspecified atom stereocenters. The number of rotatable bonds is 6.